The molecule has 4 aromatic rings. The number of hydrogen-bond acceptors (Lipinski definition) is 8. The van der Waals surface area contributed by atoms with Gasteiger partial charge in [0.2, 0.25) is 0 Å². The van der Waals surface area contributed by atoms with Crippen molar-refractivity contribution >= 4 is 11.6 Å². The number of benzene rings is 4. The second-order valence-corrected chi connectivity index (χ2v) is 13.9. The molecular weight excluding hydrogens is 644 g/mol. The smallest absolute Gasteiger partial charge is 0.198 e. The summed E-state index contributed by atoms with van der Waals surface area (Å²) in [4.78, 5) is 25.2. The third kappa shape index (κ3) is 9.99. The Balaban J connectivity index is 0.000000214. The first-order valence-corrected chi connectivity index (χ1v) is 16.9. The molecule has 0 saturated heterocycles. The molecule has 0 aromatic heterocycles. The lowest BCUT2D eigenvalue weighted by molar-refractivity contribution is -0.0302. The van der Waals surface area contributed by atoms with Gasteiger partial charge in [-0.05, 0) is 88.1 Å². The van der Waals surface area contributed by atoms with Crippen molar-refractivity contribution in [2.24, 2.45) is 0 Å². The summed E-state index contributed by atoms with van der Waals surface area (Å²) < 4.78 is 31.5. The minimum atomic E-state index is -0.217. The highest BCUT2D eigenvalue weighted by Crippen LogP contribution is 2.38. The van der Waals surface area contributed by atoms with Crippen LogP contribution in [0, 0.1) is 0 Å². The van der Waals surface area contributed by atoms with E-state index in [9.17, 15) is 9.59 Å². The van der Waals surface area contributed by atoms with Crippen molar-refractivity contribution in [3.05, 3.63) is 118 Å². The fourth-order valence-electron chi connectivity index (χ4n) is 5.49. The highest BCUT2D eigenvalue weighted by molar-refractivity contribution is 6.30. The van der Waals surface area contributed by atoms with Crippen LogP contribution in [0.3, 0.4) is 0 Å². The first-order chi connectivity index (χ1) is 24.1. The minimum absolute atomic E-state index is 0.0319. The van der Waals surface area contributed by atoms with Crippen LogP contribution in [-0.2, 0) is 14.9 Å². The molecule has 0 atom stereocenters. The molecule has 1 aliphatic rings. The van der Waals surface area contributed by atoms with Gasteiger partial charge in [-0.1, -0.05) is 62.4 Å². The predicted molar refractivity (Wildman–Crippen MR) is 202 cm³/mol. The maximum absolute atomic E-state index is 12.6. The number of ketones is 2. The van der Waals surface area contributed by atoms with Gasteiger partial charge in [0, 0.05) is 30.8 Å². The van der Waals surface area contributed by atoms with Crippen molar-refractivity contribution in [3.8, 4) is 23.0 Å². The summed E-state index contributed by atoms with van der Waals surface area (Å²) in [5.41, 5.74) is 3.76. The summed E-state index contributed by atoms with van der Waals surface area (Å²) in [6.07, 6.45) is 2.04. The lowest BCUT2D eigenvalue weighted by Gasteiger charge is -2.29. The van der Waals surface area contributed by atoms with Crippen LogP contribution in [0.4, 0.5) is 0 Å². The van der Waals surface area contributed by atoms with E-state index in [1.807, 2.05) is 24.3 Å². The highest BCUT2D eigenvalue weighted by Gasteiger charge is 2.34. The zero-order valence-corrected chi connectivity index (χ0v) is 32.3. The zero-order chi connectivity index (χ0) is 38.0. The van der Waals surface area contributed by atoms with Crippen LogP contribution in [0.2, 0.25) is 0 Å². The quantitative estimate of drug-likeness (QED) is 0.135. The zero-order valence-electron chi connectivity index (χ0n) is 32.3. The Morgan fingerprint density at radius 2 is 0.784 bits per heavy atom. The molecule has 8 nitrogen and oxygen atoms in total. The Hall–Kier alpha value is -4.66. The van der Waals surface area contributed by atoms with Gasteiger partial charge in [-0.3, -0.25) is 9.59 Å². The summed E-state index contributed by atoms with van der Waals surface area (Å²) in [5, 5.41) is 0. The Labute approximate surface area is 304 Å². The second kappa shape index (κ2) is 17.5. The van der Waals surface area contributed by atoms with E-state index >= 15 is 0 Å². The molecule has 8 heteroatoms. The summed E-state index contributed by atoms with van der Waals surface area (Å²) >= 11 is 0. The fourth-order valence-corrected chi connectivity index (χ4v) is 5.49. The molecule has 51 heavy (non-hydrogen) atoms. The molecule has 0 heterocycles. The number of carbonyl (C=O) groups excluding carboxylic acids is 2. The standard InChI is InChI=1S/C17H20O2.C16H12O4.C10H22O2/c1-17(2,13-5-9-15(18-3)10-6-13)14-7-11-16(19-4)12-8-14;1-19-11-7-8-12(20-2)14-13(11)15(17)9-5-3-4-6-10(9)16(14)18;1-9(2,11-5)7-8-10(3,4)12-6/h5-12H,1-4H3;3-8H,1-2H3;7-8H2,1-6H3. The summed E-state index contributed by atoms with van der Waals surface area (Å²) in [6, 6.07) is 26.5. The van der Waals surface area contributed by atoms with E-state index in [0.29, 0.717) is 22.6 Å². The average Bonchev–Trinajstić information content (AvgIpc) is 3.16. The van der Waals surface area contributed by atoms with Gasteiger partial charge in [0.05, 0.1) is 50.8 Å². The van der Waals surface area contributed by atoms with Gasteiger partial charge >= 0.3 is 0 Å². The van der Waals surface area contributed by atoms with Crippen LogP contribution in [0.25, 0.3) is 0 Å². The molecule has 0 radical (unpaired) electrons. The summed E-state index contributed by atoms with van der Waals surface area (Å²) in [5.74, 6) is 2.10. The highest BCUT2D eigenvalue weighted by atomic mass is 16.5. The van der Waals surface area contributed by atoms with Gasteiger partial charge in [0.15, 0.2) is 11.6 Å². The fraction of sp³-hybridized carbons (Fsp3) is 0.395. The van der Waals surface area contributed by atoms with Gasteiger partial charge in [0.1, 0.15) is 23.0 Å². The van der Waals surface area contributed by atoms with E-state index in [0.717, 1.165) is 24.3 Å². The minimum Gasteiger partial charge on any atom is -0.497 e. The van der Waals surface area contributed by atoms with E-state index in [4.69, 9.17) is 28.4 Å². The average molecular weight is 699 g/mol. The van der Waals surface area contributed by atoms with Gasteiger partial charge in [-0.15, -0.1) is 0 Å². The topological polar surface area (TPSA) is 89.5 Å². The number of carbonyl (C=O) groups is 2. The molecule has 0 amide bonds. The van der Waals surface area contributed by atoms with Crippen molar-refractivity contribution in [2.75, 3.05) is 42.7 Å². The molecule has 0 aliphatic heterocycles. The van der Waals surface area contributed by atoms with Crippen LogP contribution in [0.15, 0.2) is 84.9 Å². The van der Waals surface area contributed by atoms with Gasteiger partial charge in [0.25, 0.3) is 0 Å². The predicted octanol–water partition coefficient (Wildman–Crippen LogP) is 9.13. The van der Waals surface area contributed by atoms with Crippen molar-refractivity contribution in [1.29, 1.82) is 0 Å². The van der Waals surface area contributed by atoms with E-state index in [1.54, 1.807) is 64.8 Å². The molecule has 0 saturated carbocycles. The third-order valence-electron chi connectivity index (χ3n) is 9.50. The molecule has 1 aliphatic carbocycles. The monoisotopic (exact) mass is 698 g/mol. The van der Waals surface area contributed by atoms with Crippen LogP contribution < -0.4 is 18.9 Å². The third-order valence-corrected chi connectivity index (χ3v) is 9.50. The van der Waals surface area contributed by atoms with Gasteiger partial charge in [-0.2, -0.15) is 0 Å². The molecule has 5 rings (SSSR count). The molecule has 0 spiro atoms. The summed E-state index contributed by atoms with van der Waals surface area (Å²) in [7, 11) is 9.81. The van der Waals surface area contributed by atoms with E-state index in [1.165, 1.54) is 25.3 Å². The second-order valence-electron chi connectivity index (χ2n) is 13.9. The van der Waals surface area contributed by atoms with Crippen LogP contribution in [-0.4, -0.2) is 65.4 Å². The number of fused-ring (bicyclic) bond motifs is 2. The van der Waals surface area contributed by atoms with Crippen LogP contribution >= 0.6 is 0 Å². The van der Waals surface area contributed by atoms with E-state index in [2.05, 4.69) is 65.8 Å². The Bertz CT molecular complexity index is 1620. The SMILES string of the molecule is COC(C)(C)CCC(C)(C)OC.COc1ccc(C(C)(C)c2ccc(OC)cc2)cc1.COc1ccc(OC)c2c1C(=O)c1ccccc1C2=O. The molecule has 0 unspecified atom stereocenters. The van der Waals surface area contributed by atoms with Gasteiger partial charge < -0.3 is 28.4 Å². The van der Waals surface area contributed by atoms with Crippen LogP contribution in [0.1, 0.15) is 97.4 Å². The van der Waals surface area contributed by atoms with Crippen molar-refractivity contribution in [3.63, 3.8) is 0 Å². The molecular formula is C43H54O8. The largest absolute Gasteiger partial charge is 0.497 e. The molecule has 0 N–H and O–H groups in total. The number of ether oxygens (including phenoxy) is 6. The number of hydrogen-bond donors (Lipinski definition) is 0. The first kappa shape index (κ1) is 40.8. The van der Waals surface area contributed by atoms with E-state index in [-0.39, 0.29) is 39.3 Å². The first-order valence-electron chi connectivity index (χ1n) is 16.9. The lowest BCUT2D eigenvalue weighted by atomic mass is 9.78. The Morgan fingerprint density at radius 1 is 0.451 bits per heavy atom. The van der Waals surface area contributed by atoms with Crippen molar-refractivity contribution in [1.82, 2.24) is 0 Å². The number of rotatable bonds is 11. The molecule has 274 valence electrons. The van der Waals surface area contributed by atoms with E-state index < -0.39 is 0 Å². The maximum atomic E-state index is 12.6. The normalized spacial score (nSPS) is 12.3. The lowest BCUT2D eigenvalue weighted by Crippen LogP contribution is -2.29. The van der Waals surface area contributed by atoms with Gasteiger partial charge in [-0.25, -0.2) is 0 Å². The Kier molecular flexibility index (Phi) is 14.0. The van der Waals surface area contributed by atoms with Crippen LogP contribution in [0.5, 0.6) is 23.0 Å². The number of methoxy groups -OCH3 is 6. The van der Waals surface area contributed by atoms with Crippen molar-refractivity contribution in [2.45, 2.75) is 71.0 Å². The van der Waals surface area contributed by atoms with Crippen molar-refractivity contribution < 1.29 is 38.0 Å². The molecule has 4 aromatic carbocycles. The maximum Gasteiger partial charge on any atom is 0.198 e. The Morgan fingerprint density at radius 3 is 1.06 bits per heavy atom. The summed E-state index contributed by atoms with van der Waals surface area (Å²) in [6.45, 7) is 12.8. The molecule has 0 bridgehead atoms. The molecule has 0 fully saturated rings.